The Balaban J connectivity index is 1.30. The molecule has 2 aliphatic rings. The zero-order valence-corrected chi connectivity index (χ0v) is 23.2. The van der Waals surface area contributed by atoms with E-state index >= 15 is 0 Å². The van der Waals surface area contributed by atoms with Gasteiger partial charge in [-0.1, -0.05) is 0 Å². The van der Waals surface area contributed by atoms with Crippen LogP contribution in [0.3, 0.4) is 0 Å². The molecule has 0 aliphatic carbocycles. The van der Waals surface area contributed by atoms with E-state index in [1.165, 1.54) is 19.6 Å². The zero-order chi connectivity index (χ0) is 30.0. The monoisotopic (exact) mass is 613 g/mol. The van der Waals surface area contributed by atoms with E-state index in [0.717, 1.165) is 10.6 Å². The molecule has 5 heterocycles. The van der Waals surface area contributed by atoms with Crippen molar-refractivity contribution in [3.63, 3.8) is 0 Å². The van der Waals surface area contributed by atoms with Crippen molar-refractivity contribution in [2.45, 2.75) is 42.8 Å². The van der Waals surface area contributed by atoms with Crippen LogP contribution in [0, 0.1) is 0 Å². The molecule has 20 heteroatoms. The van der Waals surface area contributed by atoms with Gasteiger partial charge in [0, 0.05) is 30.4 Å². The fraction of sp³-hybridized carbons (Fsp3) is 0.591. The van der Waals surface area contributed by atoms with Crippen molar-refractivity contribution in [2.24, 2.45) is 0 Å². The number of aromatic amines is 1. The predicted molar refractivity (Wildman–Crippen MR) is 141 cm³/mol. The van der Waals surface area contributed by atoms with Crippen LogP contribution in [0.1, 0.15) is 12.6 Å². The van der Waals surface area contributed by atoms with Gasteiger partial charge >= 0.3 is 13.9 Å². The Morgan fingerprint density at radius 2 is 2.07 bits per heavy atom. The summed E-state index contributed by atoms with van der Waals surface area (Å²) in [6.07, 6.45) is -2.36. The molecule has 5 rings (SSSR count). The number of fused-ring (bicyclic) bond motifs is 1. The molecule has 3 aromatic rings. The van der Waals surface area contributed by atoms with E-state index in [-0.39, 0.29) is 44.6 Å². The minimum atomic E-state index is -2.94. The second-order valence-corrected chi connectivity index (χ2v) is 10.4. The van der Waals surface area contributed by atoms with Gasteiger partial charge in [0.2, 0.25) is 11.7 Å². The van der Waals surface area contributed by atoms with Crippen LogP contribution in [0.5, 0.6) is 0 Å². The van der Waals surface area contributed by atoms with Gasteiger partial charge in [0.15, 0.2) is 17.6 Å². The molecule has 7 atom stereocenters. The first-order valence-corrected chi connectivity index (χ1v) is 13.8. The fourth-order valence-electron chi connectivity index (χ4n) is 4.86. The van der Waals surface area contributed by atoms with Crippen molar-refractivity contribution in [3.8, 4) is 0 Å². The Labute approximate surface area is 237 Å². The average molecular weight is 614 g/mol. The van der Waals surface area contributed by atoms with Crippen LogP contribution < -0.4 is 22.7 Å². The number of aromatic nitrogens is 6. The molecule has 0 spiro atoms. The lowest BCUT2D eigenvalue weighted by Gasteiger charge is -2.33. The summed E-state index contributed by atoms with van der Waals surface area (Å²) < 4.78 is 49.2. The normalized spacial score (nSPS) is 28.1. The Kier molecular flexibility index (Phi) is 8.92. The molecule has 2 aliphatic heterocycles. The molecule has 228 valence electrons. The van der Waals surface area contributed by atoms with Gasteiger partial charge in [0.05, 0.1) is 38.9 Å². The number of nitrogens with one attached hydrogen (secondary N) is 1. The lowest BCUT2D eigenvalue weighted by molar-refractivity contribution is -0.163. The first-order valence-electron chi connectivity index (χ1n) is 12.7. The number of ether oxygens (including phenoxy) is 4. The van der Waals surface area contributed by atoms with Crippen LogP contribution in [-0.2, 0) is 38.3 Å². The number of aliphatic hydroxyl groups excluding tert-OH is 2. The molecule has 2 saturated heterocycles. The molecule has 42 heavy (non-hydrogen) atoms. The van der Waals surface area contributed by atoms with Crippen molar-refractivity contribution >= 4 is 31.2 Å². The number of hydrogen-bond donors (Lipinski definition) is 5. The first-order chi connectivity index (χ1) is 20.2. The van der Waals surface area contributed by atoms with Gasteiger partial charge in [-0.15, -0.1) is 9.05 Å². The molecule has 3 aromatic heterocycles. The molecule has 0 saturated carbocycles. The standard InChI is InChI=1S/C22H29N8O11P/c1-36-4-5-38-22(30-3-2-14(33)26-21(30)34)9-37-12(7-31)17(22)41-42(35)39-8-13-11(32)6-15(40-13)29-10-25-16-18(23)27-20(24)28-19(16)29/h2-3,10-13,15,17,31-32H,4-9H2,1H3,(H4-,23,24,26,27,28,33,34)/p+1/t11-,12+,13+,15+,17?,22+/m0/s1. The van der Waals surface area contributed by atoms with Crippen LogP contribution in [-0.4, -0.2) is 104 Å². The second kappa shape index (κ2) is 12.5. The van der Waals surface area contributed by atoms with Crippen molar-refractivity contribution in [1.82, 2.24) is 29.1 Å². The highest BCUT2D eigenvalue weighted by Gasteiger charge is 2.58. The van der Waals surface area contributed by atoms with E-state index in [2.05, 4.69) is 19.9 Å². The summed E-state index contributed by atoms with van der Waals surface area (Å²) in [7, 11) is -1.50. The van der Waals surface area contributed by atoms with Gasteiger partial charge in [0.25, 0.3) is 5.56 Å². The number of nitrogen functional groups attached to an aromatic ring is 2. The summed E-state index contributed by atoms with van der Waals surface area (Å²) in [4.78, 5) is 38.7. The fourth-order valence-corrected chi connectivity index (χ4v) is 5.68. The van der Waals surface area contributed by atoms with Gasteiger partial charge in [-0.25, -0.2) is 9.78 Å². The lowest BCUT2D eigenvalue weighted by atomic mass is 10.1. The summed E-state index contributed by atoms with van der Waals surface area (Å²) in [5.74, 6) is 0.0325. The molecule has 0 aromatic carbocycles. The summed E-state index contributed by atoms with van der Waals surface area (Å²) in [5, 5.41) is 20.5. The number of nitrogens with zero attached hydrogens (tertiary/aromatic N) is 5. The van der Waals surface area contributed by atoms with E-state index in [9.17, 15) is 24.4 Å². The highest BCUT2D eigenvalue weighted by atomic mass is 31.1. The maximum absolute atomic E-state index is 13.0. The Bertz CT molecular complexity index is 1550. The zero-order valence-electron chi connectivity index (χ0n) is 22.3. The van der Waals surface area contributed by atoms with E-state index in [1.807, 2.05) is 0 Å². The Morgan fingerprint density at radius 3 is 2.81 bits per heavy atom. The van der Waals surface area contributed by atoms with Crippen molar-refractivity contribution in [1.29, 1.82) is 0 Å². The molecule has 7 N–H and O–H groups in total. The Morgan fingerprint density at radius 1 is 1.26 bits per heavy atom. The summed E-state index contributed by atoms with van der Waals surface area (Å²) in [6.45, 7) is -1.16. The molecular formula is C22H30N8O11P+. The Hall–Kier alpha value is -3.39. The molecule has 19 nitrogen and oxygen atoms in total. The first kappa shape index (κ1) is 30.1. The smallest absolute Gasteiger partial charge is 0.394 e. The number of aliphatic hydroxyl groups is 2. The molecule has 0 amide bonds. The molecule has 0 radical (unpaired) electrons. The lowest BCUT2D eigenvalue weighted by Crippen LogP contribution is -2.55. The third kappa shape index (κ3) is 5.78. The number of nitrogens with two attached hydrogens (primary N) is 2. The predicted octanol–water partition coefficient (Wildman–Crippen LogP) is -2.04. The van der Waals surface area contributed by atoms with Crippen molar-refractivity contribution in [2.75, 3.05) is 51.6 Å². The number of rotatable bonds is 12. The molecular weight excluding hydrogens is 583 g/mol. The van der Waals surface area contributed by atoms with Gasteiger partial charge < -0.3 is 40.6 Å². The average Bonchev–Trinajstić information content (AvgIpc) is 3.63. The van der Waals surface area contributed by atoms with Gasteiger partial charge in [0.1, 0.15) is 30.6 Å². The third-order valence-electron chi connectivity index (χ3n) is 6.86. The molecule has 2 unspecified atom stereocenters. The van der Waals surface area contributed by atoms with Gasteiger partial charge in [-0.2, -0.15) is 9.97 Å². The second-order valence-electron chi connectivity index (χ2n) is 9.47. The van der Waals surface area contributed by atoms with Crippen LogP contribution in [0.15, 0.2) is 28.2 Å². The largest absolute Gasteiger partial charge is 0.698 e. The SMILES string of the molecule is COCCO[C@]1(n2ccc(=O)[nH]c2=O)CO[C@H](CO)C1O[P+](=O)OC[C@H]1O[C@@H](n2cnc3c(N)nc(N)nc32)C[C@@H]1O. The van der Waals surface area contributed by atoms with E-state index in [1.54, 1.807) is 4.57 Å². The highest BCUT2D eigenvalue weighted by molar-refractivity contribution is 7.33. The number of anilines is 2. The highest BCUT2D eigenvalue weighted by Crippen LogP contribution is 2.41. The van der Waals surface area contributed by atoms with Crippen LogP contribution in [0.2, 0.25) is 0 Å². The number of hydrogen-bond acceptors (Lipinski definition) is 16. The van der Waals surface area contributed by atoms with E-state index in [4.69, 9.17) is 39.5 Å². The summed E-state index contributed by atoms with van der Waals surface area (Å²) in [5.41, 5.74) is 8.95. The summed E-state index contributed by atoms with van der Waals surface area (Å²) in [6, 6.07) is 1.09. The number of methoxy groups -OCH3 is 1. The van der Waals surface area contributed by atoms with Crippen LogP contribution in [0.25, 0.3) is 11.2 Å². The van der Waals surface area contributed by atoms with Crippen LogP contribution in [0.4, 0.5) is 11.8 Å². The van der Waals surface area contributed by atoms with Crippen molar-refractivity contribution in [3.05, 3.63) is 39.4 Å². The third-order valence-corrected chi connectivity index (χ3v) is 7.62. The quantitative estimate of drug-likeness (QED) is 0.109. The molecule has 0 bridgehead atoms. The van der Waals surface area contributed by atoms with Gasteiger partial charge in [-0.3, -0.25) is 18.9 Å². The van der Waals surface area contributed by atoms with Crippen LogP contribution >= 0.6 is 8.25 Å². The minimum Gasteiger partial charge on any atom is -0.394 e. The number of imidazole rings is 1. The van der Waals surface area contributed by atoms with E-state index < -0.39 is 62.5 Å². The molecule has 2 fully saturated rings. The minimum absolute atomic E-state index is 0.0459. The summed E-state index contributed by atoms with van der Waals surface area (Å²) >= 11 is 0. The van der Waals surface area contributed by atoms with Gasteiger partial charge in [-0.05, 0) is 0 Å². The topological polar surface area (TPSA) is 263 Å². The van der Waals surface area contributed by atoms with Crippen molar-refractivity contribution < 1.29 is 42.8 Å². The van der Waals surface area contributed by atoms with E-state index in [0.29, 0.717) is 11.2 Å². The maximum atomic E-state index is 13.0. The maximum Gasteiger partial charge on any atom is 0.698 e. The number of H-pyrrole nitrogens is 1.